The smallest absolute Gasteiger partial charge is 0.269 e. The van der Waals surface area contributed by atoms with Crippen LogP contribution in [0.1, 0.15) is 21.7 Å². The Labute approximate surface area is 136 Å². The van der Waals surface area contributed by atoms with E-state index < -0.39 is 0 Å². The molecule has 0 fully saturated rings. The number of rotatable bonds is 1. The van der Waals surface area contributed by atoms with Gasteiger partial charge in [-0.25, -0.2) is 4.39 Å². The minimum Gasteiger partial charge on any atom is -0.305 e. The monoisotopic (exact) mass is 417 g/mol. The van der Waals surface area contributed by atoms with Crippen LogP contribution in [0.15, 0.2) is 32.5 Å². The molecular formula is C14H10Br2FNOS. The zero-order valence-electron chi connectivity index (χ0n) is 10.3. The molecule has 0 unspecified atom stereocenters. The van der Waals surface area contributed by atoms with Gasteiger partial charge >= 0.3 is 0 Å². The first-order valence-electron chi connectivity index (χ1n) is 6.10. The van der Waals surface area contributed by atoms with Gasteiger partial charge in [-0.15, -0.1) is 11.3 Å². The molecule has 2 heterocycles. The lowest BCUT2D eigenvalue weighted by molar-refractivity contribution is 0.0987. The van der Waals surface area contributed by atoms with Crippen molar-refractivity contribution in [1.29, 1.82) is 0 Å². The van der Waals surface area contributed by atoms with Gasteiger partial charge in [-0.1, -0.05) is 15.9 Å². The molecule has 1 aromatic heterocycles. The summed E-state index contributed by atoms with van der Waals surface area (Å²) >= 11 is 8.03. The first-order chi connectivity index (χ1) is 9.58. The Kier molecular flexibility index (Phi) is 3.97. The number of thiophene rings is 1. The summed E-state index contributed by atoms with van der Waals surface area (Å²) < 4.78 is 15.7. The summed E-state index contributed by atoms with van der Waals surface area (Å²) in [4.78, 5) is 14.8. The number of hydrogen-bond donors (Lipinski definition) is 0. The minimum absolute atomic E-state index is 0.144. The second-order valence-electron chi connectivity index (χ2n) is 4.55. The third-order valence-corrected chi connectivity index (χ3v) is 5.54. The first kappa shape index (κ1) is 14.2. The van der Waals surface area contributed by atoms with Gasteiger partial charge in [-0.05, 0) is 57.9 Å². The fraction of sp³-hybridized carbons (Fsp3) is 0.214. The Morgan fingerprint density at radius 1 is 1.35 bits per heavy atom. The summed E-state index contributed by atoms with van der Waals surface area (Å²) in [5, 5.41) is 1.85. The quantitative estimate of drug-likeness (QED) is 0.637. The number of aryl methyl sites for hydroxylation is 1. The van der Waals surface area contributed by atoms with E-state index in [4.69, 9.17) is 0 Å². The van der Waals surface area contributed by atoms with Crippen molar-refractivity contribution in [3.05, 3.63) is 48.8 Å². The van der Waals surface area contributed by atoms with Crippen LogP contribution in [0, 0.1) is 5.82 Å². The van der Waals surface area contributed by atoms with Gasteiger partial charge < -0.3 is 4.90 Å². The Balaban J connectivity index is 2.06. The number of carbonyl (C=O) groups excluding carboxylic acids is 1. The predicted molar refractivity (Wildman–Crippen MR) is 86.1 cm³/mol. The number of halogens is 3. The fourth-order valence-corrected chi connectivity index (χ4v) is 4.39. The van der Waals surface area contributed by atoms with Crippen LogP contribution in [-0.4, -0.2) is 12.5 Å². The van der Waals surface area contributed by atoms with Crippen molar-refractivity contribution < 1.29 is 9.18 Å². The molecule has 2 nitrogen and oxygen atoms in total. The molecule has 0 saturated carbocycles. The molecule has 0 spiro atoms. The molecule has 104 valence electrons. The minimum atomic E-state index is -0.352. The zero-order valence-corrected chi connectivity index (χ0v) is 14.3. The van der Waals surface area contributed by atoms with E-state index in [1.165, 1.54) is 17.4 Å². The van der Waals surface area contributed by atoms with Crippen LogP contribution in [0.2, 0.25) is 0 Å². The number of carbonyl (C=O) groups is 1. The lowest BCUT2D eigenvalue weighted by Gasteiger charge is -2.29. The second-order valence-corrected chi connectivity index (χ2v) is 7.24. The number of anilines is 1. The summed E-state index contributed by atoms with van der Waals surface area (Å²) in [6.07, 6.45) is 1.64. The average Bonchev–Trinajstić information content (AvgIpc) is 2.83. The standard InChI is InChI=1S/C14H10Br2FNOS/c15-9-6-8-2-1-4-18(12(8)11(17)7-9)14(19)13-10(16)3-5-20-13/h3,5-7H,1-2,4H2. The molecule has 1 aromatic carbocycles. The van der Waals surface area contributed by atoms with Crippen LogP contribution >= 0.6 is 43.2 Å². The Hall–Kier alpha value is -0.720. The van der Waals surface area contributed by atoms with Crippen molar-refractivity contribution in [3.63, 3.8) is 0 Å². The fourth-order valence-electron chi connectivity index (χ4n) is 2.42. The van der Waals surface area contributed by atoms with Crippen LogP contribution in [-0.2, 0) is 6.42 Å². The summed E-state index contributed by atoms with van der Waals surface area (Å²) in [5.41, 5.74) is 1.30. The summed E-state index contributed by atoms with van der Waals surface area (Å²) in [6.45, 7) is 0.550. The maximum absolute atomic E-state index is 14.3. The van der Waals surface area contributed by atoms with Crippen molar-refractivity contribution in [1.82, 2.24) is 0 Å². The number of nitrogens with zero attached hydrogens (tertiary/aromatic N) is 1. The van der Waals surface area contributed by atoms with Crippen molar-refractivity contribution in [2.24, 2.45) is 0 Å². The highest BCUT2D eigenvalue weighted by Gasteiger charge is 2.28. The van der Waals surface area contributed by atoms with E-state index in [1.807, 2.05) is 17.5 Å². The highest BCUT2D eigenvalue weighted by Crippen LogP contribution is 2.35. The van der Waals surface area contributed by atoms with Crippen molar-refractivity contribution >= 4 is 54.8 Å². The second kappa shape index (κ2) is 5.58. The van der Waals surface area contributed by atoms with Gasteiger partial charge in [0.15, 0.2) is 0 Å². The molecule has 0 radical (unpaired) electrons. The zero-order chi connectivity index (χ0) is 14.3. The highest BCUT2D eigenvalue weighted by molar-refractivity contribution is 9.10. The lowest BCUT2D eigenvalue weighted by atomic mass is 10.0. The molecule has 20 heavy (non-hydrogen) atoms. The molecule has 1 amide bonds. The SMILES string of the molecule is O=C(c1sccc1Br)N1CCCc2cc(Br)cc(F)c21. The number of fused-ring (bicyclic) bond motifs is 1. The molecule has 6 heteroatoms. The van der Waals surface area contributed by atoms with Gasteiger partial charge in [0, 0.05) is 15.5 Å². The van der Waals surface area contributed by atoms with Gasteiger partial charge in [0.05, 0.1) is 5.69 Å². The summed E-state index contributed by atoms with van der Waals surface area (Å²) in [7, 11) is 0. The van der Waals surface area contributed by atoms with Crippen LogP contribution < -0.4 is 4.90 Å². The van der Waals surface area contributed by atoms with Gasteiger partial charge in [0.2, 0.25) is 0 Å². The van der Waals surface area contributed by atoms with Crippen LogP contribution in [0.4, 0.5) is 10.1 Å². The molecule has 3 rings (SSSR count). The molecule has 0 saturated heterocycles. The molecule has 2 aromatic rings. The Morgan fingerprint density at radius 2 is 2.15 bits per heavy atom. The average molecular weight is 419 g/mol. The topological polar surface area (TPSA) is 20.3 Å². The molecule has 0 N–H and O–H groups in total. The molecule has 1 aliphatic rings. The first-order valence-corrected chi connectivity index (χ1v) is 8.57. The van der Waals surface area contributed by atoms with Gasteiger partial charge in [0.1, 0.15) is 10.7 Å². The van der Waals surface area contributed by atoms with Crippen LogP contribution in [0.25, 0.3) is 0 Å². The highest BCUT2D eigenvalue weighted by atomic mass is 79.9. The molecule has 1 aliphatic heterocycles. The van der Waals surface area contributed by atoms with Crippen molar-refractivity contribution in [2.75, 3.05) is 11.4 Å². The van der Waals surface area contributed by atoms with Crippen LogP contribution in [0.5, 0.6) is 0 Å². The van der Waals surface area contributed by atoms with Gasteiger partial charge in [0.25, 0.3) is 5.91 Å². The normalized spacial score (nSPS) is 14.2. The third-order valence-electron chi connectivity index (χ3n) is 3.26. The van der Waals surface area contributed by atoms with Crippen molar-refractivity contribution in [2.45, 2.75) is 12.8 Å². The van der Waals surface area contributed by atoms with Gasteiger partial charge in [-0.3, -0.25) is 4.79 Å². The maximum atomic E-state index is 14.3. The van der Waals surface area contributed by atoms with Crippen molar-refractivity contribution in [3.8, 4) is 0 Å². The Bertz CT molecular complexity index is 686. The predicted octanol–water partition coefficient (Wildman–Crippen LogP) is 5.01. The van der Waals surface area contributed by atoms with E-state index in [9.17, 15) is 9.18 Å². The molecular weight excluding hydrogens is 409 g/mol. The molecule has 0 aliphatic carbocycles. The van der Waals surface area contributed by atoms with E-state index in [-0.39, 0.29) is 11.7 Å². The summed E-state index contributed by atoms with van der Waals surface area (Å²) in [5.74, 6) is -0.496. The Morgan fingerprint density at radius 3 is 2.85 bits per heavy atom. The lowest BCUT2D eigenvalue weighted by Crippen LogP contribution is -2.36. The number of hydrogen-bond acceptors (Lipinski definition) is 2. The third kappa shape index (κ3) is 2.44. The maximum Gasteiger partial charge on any atom is 0.269 e. The van der Waals surface area contributed by atoms with E-state index >= 15 is 0 Å². The molecule has 0 atom stereocenters. The molecule has 0 bridgehead atoms. The number of amides is 1. The van der Waals surface area contributed by atoms with Crippen LogP contribution in [0.3, 0.4) is 0 Å². The largest absolute Gasteiger partial charge is 0.305 e. The van der Waals surface area contributed by atoms with E-state index in [1.54, 1.807) is 4.90 Å². The van der Waals surface area contributed by atoms with E-state index in [0.717, 1.165) is 22.9 Å². The summed E-state index contributed by atoms with van der Waals surface area (Å²) in [6, 6.07) is 5.13. The number of benzene rings is 1. The van der Waals surface area contributed by atoms with E-state index in [0.29, 0.717) is 21.6 Å². The van der Waals surface area contributed by atoms with E-state index in [2.05, 4.69) is 31.9 Å². The van der Waals surface area contributed by atoms with Gasteiger partial charge in [-0.2, -0.15) is 0 Å².